The van der Waals surface area contributed by atoms with Gasteiger partial charge in [-0.15, -0.1) is 0 Å². The molecule has 0 unspecified atom stereocenters. The fourth-order valence-electron chi connectivity index (χ4n) is 4.14. The lowest BCUT2D eigenvalue weighted by molar-refractivity contribution is -0.138. The molecule has 2 aromatic rings. The molecule has 2 aromatic carbocycles. The van der Waals surface area contributed by atoms with E-state index >= 15 is 0 Å². The SMILES string of the molecule is CCCCN(C)C(=O)C1CCN(C(=O)C(=Cc2ccccc2OC)c2ccccc2)CC1. The second-order valence-electron chi connectivity index (χ2n) is 8.35. The van der Waals surface area contributed by atoms with Gasteiger partial charge in [-0.3, -0.25) is 9.59 Å². The molecule has 2 amide bonds. The average Bonchev–Trinajstić information content (AvgIpc) is 2.85. The van der Waals surface area contributed by atoms with E-state index in [9.17, 15) is 9.59 Å². The van der Waals surface area contributed by atoms with Crippen molar-refractivity contribution in [2.24, 2.45) is 5.92 Å². The number of unbranched alkanes of at least 4 members (excludes halogenated alkanes) is 1. The maximum Gasteiger partial charge on any atom is 0.254 e. The van der Waals surface area contributed by atoms with Crippen molar-refractivity contribution in [2.45, 2.75) is 32.6 Å². The number of piperidine rings is 1. The van der Waals surface area contributed by atoms with Crippen LogP contribution in [0.2, 0.25) is 0 Å². The van der Waals surface area contributed by atoms with E-state index in [1.807, 2.05) is 77.5 Å². The van der Waals surface area contributed by atoms with E-state index in [4.69, 9.17) is 4.74 Å². The normalized spacial score (nSPS) is 14.8. The van der Waals surface area contributed by atoms with Gasteiger partial charge in [0.05, 0.1) is 7.11 Å². The molecule has 1 saturated heterocycles. The number of methoxy groups -OCH3 is 1. The van der Waals surface area contributed by atoms with Gasteiger partial charge in [0.25, 0.3) is 5.91 Å². The Hall–Kier alpha value is -3.08. The average molecular weight is 435 g/mol. The summed E-state index contributed by atoms with van der Waals surface area (Å²) in [5.41, 5.74) is 2.38. The summed E-state index contributed by atoms with van der Waals surface area (Å²) < 4.78 is 5.49. The van der Waals surface area contributed by atoms with Crippen LogP contribution in [0.4, 0.5) is 0 Å². The number of para-hydroxylation sites is 1. The van der Waals surface area contributed by atoms with Crippen LogP contribution in [-0.4, -0.2) is 55.4 Å². The molecule has 3 rings (SSSR count). The minimum absolute atomic E-state index is 0.000668. The van der Waals surface area contributed by atoms with Gasteiger partial charge in [-0.1, -0.05) is 61.9 Å². The summed E-state index contributed by atoms with van der Waals surface area (Å²) in [5.74, 6) is 0.929. The first-order chi connectivity index (χ1) is 15.5. The zero-order valence-corrected chi connectivity index (χ0v) is 19.4. The zero-order valence-electron chi connectivity index (χ0n) is 19.4. The van der Waals surface area contributed by atoms with Crippen LogP contribution in [0.3, 0.4) is 0 Å². The van der Waals surface area contributed by atoms with Crippen molar-refractivity contribution in [3.8, 4) is 5.75 Å². The van der Waals surface area contributed by atoms with Crippen LogP contribution in [0.1, 0.15) is 43.7 Å². The van der Waals surface area contributed by atoms with Crippen molar-refractivity contribution < 1.29 is 14.3 Å². The smallest absolute Gasteiger partial charge is 0.254 e. The molecule has 5 heteroatoms. The summed E-state index contributed by atoms with van der Waals surface area (Å²) in [5, 5.41) is 0. The Kier molecular flexibility index (Phi) is 8.48. The van der Waals surface area contributed by atoms with Gasteiger partial charge >= 0.3 is 0 Å². The molecule has 1 aliphatic heterocycles. The molecule has 0 saturated carbocycles. The van der Waals surface area contributed by atoms with Crippen molar-refractivity contribution in [1.29, 1.82) is 0 Å². The van der Waals surface area contributed by atoms with E-state index in [1.165, 1.54) is 0 Å². The Labute approximate surface area is 191 Å². The topological polar surface area (TPSA) is 49.9 Å². The molecular weight excluding hydrogens is 400 g/mol. The zero-order chi connectivity index (χ0) is 22.9. The molecule has 32 heavy (non-hydrogen) atoms. The molecule has 0 aromatic heterocycles. The van der Waals surface area contributed by atoms with E-state index in [2.05, 4.69) is 6.92 Å². The molecule has 0 bridgehead atoms. The second kappa shape index (κ2) is 11.5. The van der Waals surface area contributed by atoms with Crippen molar-refractivity contribution in [1.82, 2.24) is 9.80 Å². The minimum Gasteiger partial charge on any atom is -0.496 e. The number of carbonyl (C=O) groups excluding carboxylic acids is 2. The Morgan fingerprint density at radius 1 is 1.06 bits per heavy atom. The Morgan fingerprint density at radius 3 is 2.38 bits per heavy atom. The van der Waals surface area contributed by atoms with E-state index in [1.54, 1.807) is 7.11 Å². The number of hydrogen-bond acceptors (Lipinski definition) is 3. The molecule has 0 N–H and O–H groups in total. The molecule has 1 fully saturated rings. The van der Waals surface area contributed by atoms with Gasteiger partial charge in [0.2, 0.25) is 5.91 Å². The Bertz CT molecular complexity index is 931. The highest BCUT2D eigenvalue weighted by atomic mass is 16.5. The quantitative estimate of drug-likeness (QED) is 0.446. The number of benzene rings is 2. The highest BCUT2D eigenvalue weighted by molar-refractivity contribution is 6.24. The van der Waals surface area contributed by atoms with Gasteiger partial charge in [-0.05, 0) is 37.0 Å². The van der Waals surface area contributed by atoms with Crippen LogP contribution in [0.15, 0.2) is 54.6 Å². The molecule has 1 aliphatic rings. The van der Waals surface area contributed by atoms with Crippen molar-refractivity contribution in [3.63, 3.8) is 0 Å². The highest BCUT2D eigenvalue weighted by Crippen LogP contribution is 2.28. The van der Waals surface area contributed by atoms with E-state index < -0.39 is 0 Å². The molecule has 1 heterocycles. The van der Waals surface area contributed by atoms with E-state index in [0.717, 1.165) is 36.3 Å². The van der Waals surface area contributed by atoms with E-state index in [0.29, 0.717) is 31.5 Å². The third-order valence-corrected chi connectivity index (χ3v) is 6.11. The molecular formula is C27H34N2O3. The monoisotopic (exact) mass is 434 g/mol. The minimum atomic E-state index is -0.00709. The van der Waals surface area contributed by atoms with Crippen LogP contribution in [0.25, 0.3) is 11.6 Å². The lowest BCUT2D eigenvalue weighted by atomic mass is 9.93. The number of carbonyl (C=O) groups is 2. The van der Waals surface area contributed by atoms with Crippen LogP contribution in [0.5, 0.6) is 5.75 Å². The number of rotatable bonds is 8. The lowest BCUT2D eigenvalue weighted by Gasteiger charge is -2.34. The number of amides is 2. The molecule has 0 spiro atoms. The van der Waals surface area contributed by atoms with Gasteiger partial charge in [0.15, 0.2) is 0 Å². The molecule has 5 nitrogen and oxygen atoms in total. The molecule has 0 aliphatic carbocycles. The van der Waals surface area contributed by atoms with Crippen LogP contribution < -0.4 is 4.74 Å². The summed E-state index contributed by atoms with van der Waals surface area (Å²) in [4.78, 5) is 30.0. The molecule has 0 radical (unpaired) electrons. The summed E-state index contributed by atoms with van der Waals surface area (Å²) in [6.07, 6.45) is 5.42. The number of hydrogen-bond donors (Lipinski definition) is 0. The third kappa shape index (κ3) is 5.78. The number of ether oxygens (including phenoxy) is 1. The highest BCUT2D eigenvalue weighted by Gasteiger charge is 2.30. The first-order valence-corrected chi connectivity index (χ1v) is 11.5. The predicted octanol–water partition coefficient (Wildman–Crippen LogP) is 4.73. The van der Waals surface area contributed by atoms with Gasteiger partial charge in [-0.2, -0.15) is 0 Å². The summed E-state index contributed by atoms with van der Waals surface area (Å²) in [6, 6.07) is 17.4. The van der Waals surface area contributed by atoms with Gasteiger partial charge in [0, 0.05) is 43.7 Å². The second-order valence-corrected chi connectivity index (χ2v) is 8.35. The summed E-state index contributed by atoms with van der Waals surface area (Å²) >= 11 is 0. The van der Waals surface area contributed by atoms with E-state index in [-0.39, 0.29) is 17.7 Å². The molecule has 170 valence electrons. The Balaban J connectivity index is 1.77. The number of nitrogens with zero attached hydrogens (tertiary/aromatic N) is 2. The Morgan fingerprint density at radius 2 is 1.72 bits per heavy atom. The van der Waals surface area contributed by atoms with Crippen LogP contribution in [-0.2, 0) is 9.59 Å². The summed E-state index contributed by atoms with van der Waals surface area (Å²) in [7, 11) is 3.52. The van der Waals surface area contributed by atoms with Crippen molar-refractivity contribution in [2.75, 3.05) is 33.8 Å². The van der Waals surface area contributed by atoms with Crippen LogP contribution in [0, 0.1) is 5.92 Å². The summed E-state index contributed by atoms with van der Waals surface area (Å²) in [6.45, 7) is 4.11. The van der Waals surface area contributed by atoms with Gasteiger partial charge < -0.3 is 14.5 Å². The van der Waals surface area contributed by atoms with Crippen molar-refractivity contribution >= 4 is 23.5 Å². The first-order valence-electron chi connectivity index (χ1n) is 11.5. The third-order valence-electron chi connectivity index (χ3n) is 6.11. The van der Waals surface area contributed by atoms with Crippen LogP contribution >= 0.6 is 0 Å². The predicted molar refractivity (Wildman–Crippen MR) is 129 cm³/mol. The first kappa shape index (κ1) is 23.6. The number of likely N-dealkylation sites (tertiary alicyclic amines) is 1. The lowest BCUT2D eigenvalue weighted by Crippen LogP contribution is -2.43. The fourth-order valence-corrected chi connectivity index (χ4v) is 4.14. The largest absolute Gasteiger partial charge is 0.496 e. The van der Waals surface area contributed by atoms with Gasteiger partial charge in [0.1, 0.15) is 5.75 Å². The van der Waals surface area contributed by atoms with Gasteiger partial charge in [-0.25, -0.2) is 0 Å². The van der Waals surface area contributed by atoms with Crippen molar-refractivity contribution in [3.05, 3.63) is 65.7 Å². The molecule has 0 atom stereocenters. The maximum absolute atomic E-state index is 13.6. The maximum atomic E-state index is 13.6. The standard InChI is InChI=1S/C27H34N2O3/c1-4-5-17-28(2)26(30)22-15-18-29(19-16-22)27(31)24(21-11-7-6-8-12-21)20-23-13-9-10-14-25(23)32-3/h6-14,20,22H,4-5,15-19H2,1-3H3. The fraction of sp³-hybridized carbons (Fsp3) is 0.407.